The van der Waals surface area contributed by atoms with Gasteiger partial charge in [0.05, 0.1) is 12.2 Å². The Morgan fingerprint density at radius 3 is 2.48 bits per heavy atom. The summed E-state index contributed by atoms with van der Waals surface area (Å²) in [4.78, 5) is 25.3. The number of thiocarbonyl (C=S) groups is 1. The van der Waals surface area contributed by atoms with Gasteiger partial charge in [0.15, 0.2) is 5.11 Å². The third kappa shape index (κ3) is 7.80. The molecule has 3 N–H and O–H groups in total. The lowest BCUT2D eigenvalue weighted by atomic mass is 9.88. The summed E-state index contributed by atoms with van der Waals surface area (Å²) in [7, 11) is 1.58. The number of hydrogen-bond acceptors (Lipinski definition) is 5. The van der Waals surface area contributed by atoms with Gasteiger partial charge in [-0.1, -0.05) is 41.3 Å². The van der Waals surface area contributed by atoms with Crippen molar-refractivity contribution in [3.8, 4) is 5.75 Å². The van der Waals surface area contributed by atoms with Crippen molar-refractivity contribution in [2.75, 3.05) is 31.0 Å². The molecule has 7 nitrogen and oxygen atoms in total. The number of anilines is 2. The van der Waals surface area contributed by atoms with Crippen LogP contribution in [0.4, 0.5) is 11.4 Å². The van der Waals surface area contributed by atoms with Crippen LogP contribution in [0.5, 0.6) is 5.75 Å². The molecular formula is C24H28BrN3O4S. The van der Waals surface area contributed by atoms with E-state index in [1.54, 1.807) is 31.4 Å². The van der Waals surface area contributed by atoms with E-state index in [1.165, 1.54) is 6.42 Å². The van der Waals surface area contributed by atoms with Crippen molar-refractivity contribution in [2.24, 2.45) is 5.92 Å². The van der Waals surface area contributed by atoms with Crippen LogP contribution in [0.15, 0.2) is 46.9 Å². The van der Waals surface area contributed by atoms with Crippen molar-refractivity contribution in [3.63, 3.8) is 0 Å². The van der Waals surface area contributed by atoms with Gasteiger partial charge in [-0.2, -0.15) is 0 Å². The molecule has 0 heterocycles. The second-order valence-corrected chi connectivity index (χ2v) is 9.12. The third-order valence-corrected chi connectivity index (χ3v) is 6.02. The Kier molecular flexibility index (Phi) is 9.65. The van der Waals surface area contributed by atoms with Crippen LogP contribution < -0.4 is 20.7 Å². The van der Waals surface area contributed by atoms with Gasteiger partial charge in [0.1, 0.15) is 12.4 Å². The van der Waals surface area contributed by atoms with Crippen LogP contribution >= 0.6 is 28.1 Å². The Balaban J connectivity index is 1.59. The lowest BCUT2D eigenvalue weighted by Crippen LogP contribution is -2.34. The highest BCUT2D eigenvalue weighted by Gasteiger charge is 2.21. The highest BCUT2D eigenvalue weighted by molar-refractivity contribution is 9.10. The van der Waals surface area contributed by atoms with E-state index in [-0.39, 0.29) is 16.9 Å². The van der Waals surface area contributed by atoms with Crippen molar-refractivity contribution in [1.82, 2.24) is 5.32 Å². The van der Waals surface area contributed by atoms with Gasteiger partial charge >= 0.3 is 0 Å². The summed E-state index contributed by atoms with van der Waals surface area (Å²) in [6, 6.07) is 12.4. The average Bonchev–Trinajstić information content (AvgIpc) is 2.80. The maximum absolute atomic E-state index is 12.8. The summed E-state index contributed by atoms with van der Waals surface area (Å²) in [5.41, 5.74) is 1.69. The Labute approximate surface area is 207 Å². The summed E-state index contributed by atoms with van der Waals surface area (Å²) in [6.45, 7) is 0.727. The van der Waals surface area contributed by atoms with E-state index in [1.807, 2.05) is 18.2 Å². The van der Waals surface area contributed by atoms with Gasteiger partial charge in [-0.05, 0) is 61.5 Å². The molecule has 9 heteroatoms. The Morgan fingerprint density at radius 2 is 1.76 bits per heavy atom. The monoisotopic (exact) mass is 533 g/mol. The average molecular weight is 534 g/mol. The van der Waals surface area contributed by atoms with Gasteiger partial charge in [0, 0.05) is 28.9 Å². The quantitative estimate of drug-likeness (QED) is 0.322. The lowest BCUT2D eigenvalue weighted by Gasteiger charge is -2.21. The number of ether oxygens (including phenoxy) is 2. The smallest absolute Gasteiger partial charge is 0.261 e. The van der Waals surface area contributed by atoms with Gasteiger partial charge < -0.3 is 20.1 Å². The minimum atomic E-state index is -0.400. The highest BCUT2D eigenvalue weighted by Crippen LogP contribution is 2.26. The van der Waals surface area contributed by atoms with Gasteiger partial charge in [-0.25, -0.2) is 0 Å². The number of nitrogens with one attached hydrogen (secondary N) is 3. The number of carbonyl (C=O) groups is 2. The molecule has 3 rings (SSSR count). The number of rotatable bonds is 8. The van der Waals surface area contributed by atoms with E-state index in [9.17, 15) is 9.59 Å². The number of amides is 2. The number of benzene rings is 2. The highest BCUT2D eigenvalue weighted by atomic mass is 79.9. The first-order valence-electron chi connectivity index (χ1n) is 10.9. The van der Waals surface area contributed by atoms with Crippen molar-refractivity contribution in [1.29, 1.82) is 0 Å². The maximum atomic E-state index is 12.8. The zero-order chi connectivity index (χ0) is 23.6. The van der Waals surface area contributed by atoms with Crippen molar-refractivity contribution < 1.29 is 19.1 Å². The number of hydrogen-bond donors (Lipinski definition) is 3. The van der Waals surface area contributed by atoms with Crippen molar-refractivity contribution in [3.05, 3.63) is 52.5 Å². The standard InChI is InChI=1S/C24H28BrN3O4S/c1-31-12-13-32-21-11-10-17(25)14-20(21)23(30)28-24(33)27-19-9-5-8-18(15-19)26-22(29)16-6-3-2-4-7-16/h5,8-11,14-16H,2-4,6-7,12-13H2,1H3,(H,26,29)(H2,27,28,30,33). The van der Waals surface area contributed by atoms with Crippen LogP contribution in [0.25, 0.3) is 0 Å². The molecule has 2 aromatic carbocycles. The fraction of sp³-hybridized carbons (Fsp3) is 0.375. The normalized spacial score (nSPS) is 13.8. The predicted octanol–water partition coefficient (Wildman–Crippen LogP) is 5.12. The Bertz CT molecular complexity index is 995. The molecule has 33 heavy (non-hydrogen) atoms. The van der Waals surface area contributed by atoms with E-state index < -0.39 is 5.91 Å². The van der Waals surface area contributed by atoms with E-state index >= 15 is 0 Å². The summed E-state index contributed by atoms with van der Waals surface area (Å²) in [5.74, 6) is 0.158. The second kappa shape index (κ2) is 12.7. The molecule has 0 spiro atoms. The van der Waals surface area contributed by atoms with Gasteiger partial charge in [-0.3, -0.25) is 14.9 Å². The molecule has 0 saturated heterocycles. The molecule has 1 saturated carbocycles. The summed E-state index contributed by atoms with van der Waals surface area (Å²) in [5, 5.41) is 8.80. The third-order valence-electron chi connectivity index (χ3n) is 5.32. The van der Waals surface area contributed by atoms with Crippen LogP contribution in [0.3, 0.4) is 0 Å². The van der Waals surface area contributed by atoms with E-state index in [2.05, 4.69) is 31.9 Å². The molecule has 0 unspecified atom stereocenters. The molecule has 0 aliphatic heterocycles. The second-order valence-electron chi connectivity index (χ2n) is 7.79. The largest absolute Gasteiger partial charge is 0.490 e. The minimum absolute atomic E-state index is 0.0541. The fourth-order valence-corrected chi connectivity index (χ4v) is 4.23. The summed E-state index contributed by atoms with van der Waals surface area (Å²) in [6.07, 6.45) is 5.28. The number of methoxy groups -OCH3 is 1. The molecule has 0 atom stereocenters. The Hall–Kier alpha value is -2.49. The molecule has 2 aromatic rings. The Morgan fingerprint density at radius 1 is 1.03 bits per heavy atom. The molecule has 1 fully saturated rings. The van der Waals surface area contributed by atoms with Crippen molar-refractivity contribution >= 4 is 56.4 Å². The van der Waals surface area contributed by atoms with Crippen LogP contribution in [-0.4, -0.2) is 37.3 Å². The number of carbonyl (C=O) groups excluding carboxylic acids is 2. The van der Waals surface area contributed by atoms with Crippen LogP contribution in [0, 0.1) is 5.92 Å². The first-order chi connectivity index (χ1) is 16.0. The van der Waals surface area contributed by atoms with Crippen molar-refractivity contribution in [2.45, 2.75) is 32.1 Å². The molecule has 0 bridgehead atoms. The van der Waals surface area contributed by atoms with Gasteiger partial charge in [0.2, 0.25) is 5.91 Å². The number of halogens is 1. The zero-order valence-electron chi connectivity index (χ0n) is 18.5. The summed E-state index contributed by atoms with van der Waals surface area (Å²) < 4.78 is 11.4. The molecule has 0 aromatic heterocycles. The maximum Gasteiger partial charge on any atom is 0.261 e. The van der Waals surface area contributed by atoms with E-state index in [4.69, 9.17) is 21.7 Å². The minimum Gasteiger partial charge on any atom is -0.490 e. The van der Waals surface area contributed by atoms with Gasteiger partial charge in [-0.15, -0.1) is 0 Å². The molecule has 2 amide bonds. The lowest BCUT2D eigenvalue weighted by molar-refractivity contribution is -0.120. The van der Waals surface area contributed by atoms with Crippen LogP contribution in [-0.2, 0) is 9.53 Å². The molecule has 0 radical (unpaired) electrons. The SMILES string of the molecule is COCCOc1ccc(Br)cc1C(=O)NC(=S)Nc1cccc(NC(=O)C2CCCCC2)c1. The molecule has 1 aliphatic rings. The van der Waals surface area contributed by atoms with Gasteiger partial charge in [0.25, 0.3) is 5.91 Å². The topological polar surface area (TPSA) is 88.7 Å². The molecular weight excluding hydrogens is 506 g/mol. The van der Waals surface area contributed by atoms with E-state index in [0.717, 1.165) is 30.2 Å². The molecule has 1 aliphatic carbocycles. The van der Waals surface area contributed by atoms with E-state index in [0.29, 0.717) is 35.9 Å². The predicted molar refractivity (Wildman–Crippen MR) is 137 cm³/mol. The first kappa shape index (κ1) is 25.1. The fourth-order valence-electron chi connectivity index (χ4n) is 3.66. The molecule has 176 valence electrons. The van der Waals surface area contributed by atoms with Crippen LogP contribution in [0.1, 0.15) is 42.5 Å². The summed E-state index contributed by atoms with van der Waals surface area (Å²) >= 11 is 8.70. The van der Waals surface area contributed by atoms with Crippen LogP contribution in [0.2, 0.25) is 0 Å². The zero-order valence-corrected chi connectivity index (χ0v) is 20.9. The first-order valence-corrected chi connectivity index (χ1v) is 12.1.